The molecule has 0 amide bonds. The molecule has 1 aromatic carbocycles. The van der Waals surface area contributed by atoms with Gasteiger partial charge in [0.2, 0.25) is 5.95 Å². The summed E-state index contributed by atoms with van der Waals surface area (Å²) < 4.78 is 0. The monoisotopic (exact) mass is 409 g/mol. The Balaban J connectivity index is 1.65. The molecular formula is C18H21Cl2N5S. The average molecular weight is 410 g/mol. The Morgan fingerprint density at radius 1 is 1.27 bits per heavy atom. The van der Waals surface area contributed by atoms with Crippen LogP contribution < -0.4 is 15.5 Å². The van der Waals surface area contributed by atoms with Crippen molar-refractivity contribution in [3.63, 3.8) is 0 Å². The van der Waals surface area contributed by atoms with E-state index in [1.54, 1.807) is 6.07 Å². The van der Waals surface area contributed by atoms with E-state index in [9.17, 15) is 0 Å². The Kier molecular flexibility index (Phi) is 6.51. The highest BCUT2D eigenvalue weighted by molar-refractivity contribution is 7.80. The molecule has 1 fully saturated rings. The summed E-state index contributed by atoms with van der Waals surface area (Å²) >= 11 is 17.7. The van der Waals surface area contributed by atoms with E-state index in [1.807, 2.05) is 24.3 Å². The van der Waals surface area contributed by atoms with Crippen LogP contribution >= 0.6 is 35.4 Å². The smallest absolute Gasteiger partial charge is 0.232 e. The third-order valence-corrected chi connectivity index (χ3v) is 5.21. The summed E-state index contributed by atoms with van der Waals surface area (Å²) in [6.07, 6.45) is 3.56. The van der Waals surface area contributed by atoms with Crippen molar-refractivity contribution in [3.05, 3.63) is 46.1 Å². The summed E-state index contributed by atoms with van der Waals surface area (Å²) in [4.78, 5) is 11.1. The predicted octanol–water partition coefficient (Wildman–Crippen LogP) is 4.65. The zero-order valence-electron chi connectivity index (χ0n) is 14.5. The molecule has 2 aromatic rings. The van der Waals surface area contributed by atoms with Crippen LogP contribution in [0.2, 0.25) is 10.2 Å². The van der Waals surface area contributed by atoms with Gasteiger partial charge in [-0.3, -0.25) is 0 Å². The largest absolute Gasteiger partial charge is 0.358 e. The van der Waals surface area contributed by atoms with Gasteiger partial charge in [0.05, 0.1) is 0 Å². The Labute approximate surface area is 169 Å². The van der Waals surface area contributed by atoms with Crippen molar-refractivity contribution in [3.8, 4) is 0 Å². The molecule has 1 atom stereocenters. The Hall–Kier alpha value is -1.63. The first kappa shape index (κ1) is 19.1. The molecule has 138 valence electrons. The van der Waals surface area contributed by atoms with E-state index in [0.717, 1.165) is 30.8 Å². The summed E-state index contributed by atoms with van der Waals surface area (Å²) in [5.74, 6) is 1.22. The van der Waals surface area contributed by atoms with Crippen LogP contribution in [0.25, 0.3) is 0 Å². The molecule has 1 aliphatic heterocycles. The van der Waals surface area contributed by atoms with Gasteiger partial charge in [0.15, 0.2) is 5.11 Å². The second-order valence-electron chi connectivity index (χ2n) is 6.31. The number of halogens is 2. The summed E-state index contributed by atoms with van der Waals surface area (Å²) in [5.41, 5.74) is 0.966. The first-order valence-corrected chi connectivity index (χ1v) is 9.79. The molecule has 1 saturated heterocycles. The number of benzene rings is 1. The lowest BCUT2D eigenvalue weighted by atomic mass is 10.0. The van der Waals surface area contributed by atoms with E-state index in [-0.39, 0.29) is 0 Å². The minimum absolute atomic E-state index is 0.391. The maximum absolute atomic E-state index is 6.20. The van der Waals surface area contributed by atoms with Crippen LogP contribution in [0, 0.1) is 0 Å². The SMILES string of the molecule is C[C@@H]1CCCCN1c1cc(Cl)nc(NC(=S)NCc2ccccc2Cl)n1. The number of hydrogen-bond donors (Lipinski definition) is 2. The van der Waals surface area contributed by atoms with E-state index >= 15 is 0 Å². The molecule has 0 bridgehead atoms. The topological polar surface area (TPSA) is 53.1 Å². The van der Waals surface area contributed by atoms with E-state index < -0.39 is 0 Å². The number of rotatable bonds is 4. The number of anilines is 2. The molecule has 0 spiro atoms. The Bertz CT molecular complexity index is 786. The third-order valence-electron chi connectivity index (χ3n) is 4.40. The van der Waals surface area contributed by atoms with Crippen molar-refractivity contribution in [2.24, 2.45) is 0 Å². The maximum Gasteiger partial charge on any atom is 0.232 e. The summed E-state index contributed by atoms with van der Waals surface area (Å²) in [5, 5.41) is 7.64. The molecule has 0 saturated carbocycles. The summed E-state index contributed by atoms with van der Waals surface area (Å²) in [6.45, 7) is 3.70. The van der Waals surface area contributed by atoms with Crippen molar-refractivity contribution in [2.75, 3.05) is 16.8 Å². The van der Waals surface area contributed by atoms with Crippen molar-refractivity contribution in [2.45, 2.75) is 38.8 Å². The first-order valence-electron chi connectivity index (χ1n) is 8.62. The maximum atomic E-state index is 6.20. The minimum Gasteiger partial charge on any atom is -0.358 e. The highest BCUT2D eigenvalue weighted by atomic mass is 35.5. The van der Waals surface area contributed by atoms with E-state index in [2.05, 4.69) is 32.4 Å². The van der Waals surface area contributed by atoms with Gasteiger partial charge in [0.1, 0.15) is 11.0 Å². The normalized spacial score (nSPS) is 17.0. The molecule has 0 radical (unpaired) electrons. The second-order valence-corrected chi connectivity index (χ2v) is 7.51. The molecule has 0 aliphatic carbocycles. The number of thiocarbonyl (C=S) groups is 1. The molecule has 2 N–H and O–H groups in total. The predicted molar refractivity (Wildman–Crippen MR) is 112 cm³/mol. The fourth-order valence-electron chi connectivity index (χ4n) is 3.01. The van der Waals surface area contributed by atoms with Crippen molar-refractivity contribution < 1.29 is 0 Å². The van der Waals surface area contributed by atoms with Gasteiger partial charge in [-0.2, -0.15) is 4.98 Å². The molecule has 1 aliphatic rings. The lowest BCUT2D eigenvalue weighted by molar-refractivity contribution is 0.481. The van der Waals surface area contributed by atoms with Gasteiger partial charge in [-0.1, -0.05) is 41.4 Å². The van der Waals surface area contributed by atoms with E-state index in [0.29, 0.717) is 33.8 Å². The zero-order valence-corrected chi connectivity index (χ0v) is 16.8. The average Bonchev–Trinajstić information content (AvgIpc) is 2.61. The fourth-order valence-corrected chi connectivity index (χ4v) is 3.55. The molecule has 1 aromatic heterocycles. The van der Waals surface area contributed by atoms with Gasteiger partial charge in [-0.15, -0.1) is 0 Å². The van der Waals surface area contributed by atoms with Gasteiger partial charge in [-0.25, -0.2) is 4.98 Å². The molecular weight excluding hydrogens is 389 g/mol. The van der Waals surface area contributed by atoms with Crippen LogP contribution in [0.5, 0.6) is 0 Å². The van der Waals surface area contributed by atoms with Gasteiger partial charge >= 0.3 is 0 Å². The van der Waals surface area contributed by atoms with Crippen LogP contribution in [-0.4, -0.2) is 27.7 Å². The highest BCUT2D eigenvalue weighted by Crippen LogP contribution is 2.25. The second kappa shape index (κ2) is 8.84. The van der Waals surface area contributed by atoms with Gasteiger partial charge in [-0.05, 0) is 50.0 Å². The first-order chi connectivity index (χ1) is 12.5. The van der Waals surface area contributed by atoms with Crippen LogP contribution in [0.1, 0.15) is 31.7 Å². The van der Waals surface area contributed by atoms with Crippen LogP contribution in [0.4, 0.5) is 11.8 Å². The minimum atomic E-state index is 0.391. The van der Waals surface area contributed by atoms with E-state index in [1.165, 1.54) is 6.42 Å². The number of nitrogens with zero attached hydrogens (tertiary/aromatic N) is 3. The summed E-state index contributed by atoms with van der Waals surface area (Å²) in [6, 6.07) is 9.86. The van der Waals surface area contributed by atoms with Gasteiger partial charge in [0, 0.05) is 30.2 Å². The molecule has 2 heterocycles. The van der Waals surface area contributed by atoms with Crippen LogP contribution in [-0.2, 0) is 6.54 Å². The van der Waals surface area contributed by atoms with Crippen molar-refractivity contribution >= 4 is 52.3 Å². The number of hydrogen-bond acceptors (Lipinski definition) is 4. The summed E-state index contributed by atoms with van der Waals surface area (Å²) in [7, 11) is 0. The molecule has 5 nitrogen and oxygen atoms in total. The van der Waals surface area contributed by atoms with Gasteiger partial charge < -0.3 is 15.5 Å². The molecule has 3 rings (SSSR count). The quantitative estimate of drug-likeness (QED) is 0.566. The zero-order chi connectivity index (χ0) is 18.5. The molecule has 26 heavy (non-hydrogen) atoms. The van der Waals surface area contributed by atoms with Crippen LogP contribution in [0.15, 0.2) is 30.3 Å². The molecule has 8 heteroatoms. The van der Waals surface area contributed by atoms with Crippen molar-refractivity contribution in [1.82, 2.24) is 15.3 Å². The Morgan fingerprint density at radius 2 is 2.08 bits per heavy atom. The fraction of sp³-hybridized carbons (Fsp3) is 0.389. The van der Waals surface area contributed by atoms with Crippen LogP contribution in [0.3, 0.4) is 0 Å². The Morgan fingerprint density at radius 3 is 2.85 bits per heavy atom. The highest BCUT2D eigenvalue weighted by Gasteiger charge is 2.21. The lowest BCUT2D eigenvalue weighted by Gasteiger charge is -2.34. The third kappa shape index (κ3) is 4.96. The van der Waals surface area contributed by atoms with E-state index in [4.69, 9.17) is 35.4 Å². The number of nitrogens with one attached hydrogen (secondary N) is 2. The standard InChI is InChI=1S/C18H21Cl2N5S/c1-12-6-4-5-9-25(12)16-10-15(20)22-17(23-16)24-18(26)21-11-13-7-2-3-8-14(13)19/h2-3,7-8,10,12H,4-6,9,11H2,1H3,(H2,21,22,23,24,26)/t12-/m1/s1. The number of aromatic nitrogens is 2. The lowest BCUT2D eigenvalue weighted by Crippen LogP contribution is -2.38. The number of piperidine rings is 1. The van der Waals surface area contributed by atoms with Gasteiger partial charge in [0.25, 0.3) is 0 Å². The van der Waals surface area contributed by atoms with Crippen molar-refractivity contribution in [1.29, 1.82) is 0 Å². The molecule has 0 unspecified atom stereocenters.